The summed E-state index contributed by atoms with van der Waals surface area (Å²) in [7, 11) is 1.66. The number of imidazole rings is 1. The summed E-state index contributed by atoms with van der Waals surface area (Å²) in [5.41, 5.74) is 5.33. The number of hydrogen-bond acceptors (Lipinski definition) is 6. The zero-order chi connectivity index (χ0) is 24.2. The molecule has 1 atom stereocenters. The van der Waals surface area contributed by atoms with Gasteiger partial charge in [0.25, 0.3) is 0 Å². The Hall–Kier alpha value is -3.63. The zero-order valence-electron chi connectivity index (χ0n) is 18.1. The van der Waals surface area contributed by atoms with Crippen LogP contribution in [-0.2, 0) is 11.8 Å². The van der Waals surface area contributed by atoms with Crippen molar-refractivity contribution < 1.29 is 24.6 Å². The Bertz CT molecular complexity index is 1180. The van der Waals surface area contributed by atoms with Gasteiger partial charge in [-0.3, -0.25) is 4.79 Å². The van der Waals surface area contributed by atoms with Gasteiger partial charge < -0.3 is 20.5 Å². The van der Waals surface area contributed by atoms with Crippen LogP contribution in [0.15, 0.2) is 60.9 Å². The first kappa shape index (κ1) is 24.0. The Kier molecular flexibility index (Phi) is 7.19. The molecular weight excluding hydrogens is 444 g/mol. The van der Waals surface area contributed by atoms with Crippen molar-refractivity contribution in [2.24, 2.45) is 12.8 Å². The fourth-order valence-electron chi connectivity index (χ4n) is 3.43. The largest absolute Gasteiger partial charge is 0.480 e. The molecule has 10 heteroatoms. The maximum absolute atomic E-state index is 13.4. The molecule has 0 aliphatic rings. The van der Waals surface area contributed by atoms with Crippen LogP contribution in [0.3, 0.4) is 0 Å². The topological polar surface area (TPSA) is 139 Å². The van der Waals surface area contributed by atoms with Crippen molar-refractivity contribution >= 4 is 41.2 Å². The van der Waals surface area contributed by atoms with E-state index in [2.05, 4.69) is 4.98 Å². The quantitative estimate of drug-likeness (QED) is 0.320. The lowest BCUT2D eigenvalue weighted by molar-refractivity contribution is -0.141. The fraction of sp³-hybridized carbons (Fsp3) is 0.217. The predicted octanol–water partition coefficient (Wildman–Crippen LogP) is 3.62. The number of amides is 1. The molecule has 0 bridgehead atoms. The summed E-state index contributed by atoms with van der Waals surface area (Å²) in [6.07, 6.45) is 3.58. The number of carbonyl (C=O) groups is 3. The predicted molar refractivity (Wildman–Crippen MR) is 127 cm³/mol. The van der Waals surface area contributed by atoms with Gasteiger partial charge in [0.2, 0.25) is 5.95 Å². The maximum atomic E-state index is 13.4. The van der Waals surface area contributed by atoms with Crippen molar-refractivity contribution in [3.05, 3.63) is 66.5 Å². The lowest BCUT2D eigenvalue weighted by atomic mass is 9.84. The molecule has 0 aliphatic heterocycles. The number of carboxylic acid groups (broad SMARTS) is 2. The van der Waals surface area contributed by atoms with Crippen LogP contribution in [0.4, 0.5) is 16.4 Å². The highest BCUT2D eigenvalue weighted by Gasteiger charge is 2.43. The molecule has 33 heavy (non-hydrogen) atoms. The average molecular weight is 469 g/mol. The van der Waals surface area contributed by atoms with E-state index in [4.69, 9.17) is 5.73 Å². The van der Waals surface area contributed by atoms with E-state index in [9.17, 15) is 24.6 Å². The molecular formula is C23H24N4O5S. The number of nitrogens with two attached hydrogens (primary N) is 1. The number of Topliss-reactive ketones (excluding diaryl/α,β-unsaturated/α-hetero) is 1. The van der Waals surface area contributed by atoms with E-state index in [-0.39, 0.29) is 23.6 Å². The number of aliphatic carboxylic acids is 1. The molecule has 0 aliphatic carbocycles. The molecule has 1 aromatic heterocycles. The molecule has 9 nitrogen and oxygen atoms in total. The molecule has 1 amide bonds. The molecule has 0 radical (unpaired) electrons. The van der Waals surface area contributed by atoms with Crippen molar-refractivity contribution in [2.45, 2.75) is 12.0 Å². The van der Waals surface area contributed by atoms with Crippen molar-refractivity contribution in [1.29, 1.82) is 0 Å². The second kappa shape index (κ2) is 9.88. The van der Waals surface area contributed by atoms with Gasteiger partial charge in [0.15, 0.2) is 11.3 Å². The molecule has 0 fully saturated rings. The van der Waals surface area contributed by atoms with Crippen LogP contribution in [0, 0.1) is 0 Å². The average Bonchev–Trinajstić information content (AvgIpc) is 3.22. The van der Waals surface area contributed by atoms with Gasteiger partial charge in [-0.2, -0.15) is 11.8 Å². The first-order valence-electron chi connectivity index (χ1n) is 9.96. The van der Waals surface area contributed by atoms with Gasteiger partial charge in [0.05, 0.1) is 5.69 Å². The number of benzene rings is 2. The first-order chi connectivity index (χ1) is 15.7. The molecule has 172 valence electrons. The van der Waals surface area contributed by atoms with E-state index in [1.165, 1.54) is 36.2 Å². The number of anilines is 2. The van der Waals surface area contributed by atoms with Crippen LogP contribution >= 0.6 is 11.8 Å². The van der Waals surface area contributed by atoms with Gasteiger partial charge in [-0.15, -0.1) is 0 Å². The van der Waals surface area contributed by atoms with Crippen LogP contribution in [0.2, 0.25) is 0 Å². The third-order valence-electron chi connectivity index (χ3n) is 5.27. The lowest BCUT2D eigenvalue weighted by Crippen LogP contribution is -2.55. The number of hydrogen-bond donors (Lipinski definition) is 3. The molecule has 0 saturated heterocycles. The summed E-state index contributed by atoms with van der Waals surface area (Å²) in [5.74, 6) is -1.60. The smallest absolute Gasteiger partial charge is 0.418 e. The summed E-state index contributed by atoms with van der Waals surface area (Å²) in [4.78, 5) is 42.6. The van der Waals surface area contributed by atoms with Crippen LogP contribution in [0.5, 0.6) is 0 Å². The number of thioether (sulfide) groups is 1. The molecule has 4 N–H and O–H groups in total. The minimum atomic E-state index is -2.11. The standard InChI is InChI=1S/C23H24N4O5S/c1-26-12-11-25-21(26)27(22(31)32)16-8-9-17(18(14-16)15-6-4-3-5-7-15)19(28)23(24,20(29)30)10-13-33-2/h3-9,11-12,14H,10,13,24H2,1-2H3,(H,29,30)(H,31,32). The number of rotatable bonds is 9. The molecule has 0 saturated carbocycles. The summed E-state index contributed by atoms with van der Waals surface area (Å²) < 4.78 is 1.55. The van der Waals surface area contributed by atoms with E-state index >= 15 is 0 Å². The highest BCUT2D eigenvalue weighted by Crippen LogP contribution is 2.34. The normalized spacial score (nSPS) is 12.7. The van der Waals surface area contributed by atoms with Gasteiger partial charge in [0, 0.05) is 25.0 Å². The Balaban J connectivity index is 2.20. The van der Waals surface area contributed by atoms with Gasteiger partial charge in [0.1, 0.15) is 0 Å². The Morgan fingerprint density at radius 1 is 1.15 bits per heavy atom. The Morgan fingerprint density at radius 2 is 1.85 bits per heavy atom. The van der Waals surface area contributed by atoms with Crippen molar-refractivity contribution in [1.82, 2.24) is 9.55 Å². The van der Waals surface area contributed by atoms with Crippen LogP contribution in [0.1, 0.15) is 16.8 Å². The van der Waals surface area contributed by atoms with Gasteiger partial charge in [-0.05, 0) is 47.8 Å². The fourth-order valence-corrected chi connectivity index (χ4v) is 3.96. The molecule has 1 heterocycles. The van der Waals surface area contributed by atoms with Crippen molar-refractivity contribution in [3.63, 3.8) is 0 Å². The number of nitrogens with zero attached hydrogens (tertiary/aromatic N) is 3. The zero-order valence-corrected chi connectivity index (χ0v) is 19.0. The van der Waals surface area contributed by atoms with E-state index in [1.54, 1.807) is 54.4 Å². The minimum Gasteiger partial charge on any atom is -0.480 e. The SMILES string of the molecule is CSCCC(N)(C(=O)O)C(=O)c1ccc(N(C(=O)O)c2nccn2C)cc1-c1ccccc1. The minimum absolute atomic E-state index is 0.0488. The summed E-state index contributed by atoms with van der Waals surface area (Å²) in [6, 6.07) is 13.2. The van der Waals surface area contributed by atoms with E-state index in [1.807, 2.05) is 0 Å². The highest BCUT2D eigenvalue weighted by molar-refractivity contribution is 7.98. The Morgan fingerprint density at radius 3 is 2.39 bits per heavy atom. The molecule has 0 spiro atoms. The second-order valence-electron chi connectivity index (χ2n) is 7.40. The van der Waals surface area contributed by atoms with Crippen molar-refractivity contribution in [2.75, 3.05) is 16.9 Å². The number of carboxylic acids is 1. The second-order valence-corrected chi connectivity index (χ2v) is 8.39. The highest BCUT2D eigenvalue weighted by atomic mass is 32.2. The third kappa shape index (κ3) is 4.76. The first-order valence-corrected chi connectivity index (χ1v) is 11.4. The number of ketones is 1. The molecule has 3 rings (SSSR count). The maximum Gasteiger partial charge on any atom is 0.418 e. The van der Waals surface area contributed by atoms with Crippen LogP contribution < -0.4 is 10.6 Å². The monoisotopic (exact) mass is 468 g/mol. The van der Waals surface area contributed by atoms with Crippen molar-refractivity contribution in [3.8, 4) is 11.1 Å². The van der Waals surface area contributed by atoms with Gasteiger partial charge >= 0.3 is 12.1 Å². The summed E-state index contributed by atoms with van der Waals surface area (Å²) in [6.45, 7) is 0. The molecule has 3 aromatic rings. The Labute approximate surface area is 194 Å². The lowest BCUT2D eigenvalue weighted by Gasteiger charge is -2.25. The van der Waals surface area contributed by atoms with Gasteiger partial charge in [-0.25, -0.2) is 19.5 Å². The number of aromatic nitrogens is 2. The number of aryl methyl sites for hydroxylation is 1. The van der Waals surface area contributed by atoms with E-state index in [0.717, 1.165) is 4.90 Å². The summed E-state index contributed by atoms with van der Waals surface area (Å²) >= 11 is 1.39. The summed E-state index contributed by atoms with van der Waals surface area (Å²) in [5, 5.41) is 19.6. The number of carbonyl (C=O) groups excluding carboxylic acids is 1. The van der Waals surface area contributed by atoms with Crippen LogP contribution in [0.25, 0.3) is 11.1 Å². The van der Waals surface area contributed by atoms with Crippen LogP contribution in [-0.4, -0.2) is 55.2 Å². The van der Waals surface area contributed by atoms with E-state index in [0.29, 0.717) is 16.9 Å². The molecule has 2 aromatic carbocycles. The third-order valence-corrected chi connectivity index (χ3v) is 5.88. The molecule has 1 unspecified atom stereocenters. The van der Waals surface area contributed by atoms with Gasteiger partial charge in [-0.1, -0.05) is 30.3 Å². The van der Waals surface area contributed by atoms with E-state index < -0.39 is 23.4 Å².